The predicted octanol–water partition coefficient (Wildman–Crippen LogP) is 2.73. The molecule has 4 heterocycles. The van der Waals surface area contributed by atoms with Crippen LogP contribution >= 0.6 is 11.3 Å². The number of rotatable bonds is 2. The van der Waals surface area contributed by atoms with Crippen molar-refractivity contribution in [3.05, 3.63) is 35.2 Å². The minimum absolute atomic E-state index is 0.0804. The van der Waals surface area contributed by atoms with E-state index in [0.29, 0.717) is 12.0 Å². The van der Waals surface area contributed by atoms with Crippen molar-refractivity contribution in [3.63, 3.8) is 0 Å². The van der Waals surface area contributed by atoms with E-state index in [9.17, 15) is 4.79 Å². The Morgan fingerprint density at radius 2 is 2.10 bits per heavy atom. The van der Waals surface area contributed by atoms with E-state index in [-0.39, 0.29) is 5.91 Å². The van der Waals surface area contributed by atoms with E-state index >= 15 is 0 Å². The Morgan fingerprint density at radius 1 is 1.25 bits per heavy atom. The zero-order valence-electron chi connectivity index (χ0n) is 11.3. The highest BCUT2D eigenvalue weighted by atomic mass is 32.1. The van der Waals surface area contributed by atoms with Gasteiger partial charge in [-0.15, -0.1) is 11.3 Å². The molecular weight excluding hydrogens is 268 g/mol. The van der Waals surface area contributed by atoms with Crippen molar-refractivity contribution in [1.82, 2.24) is 10.2 Å². The van der Waals surface area contributed by atoms with Gasteiger partial charge in [-0.05, 0) is 66.9 Å². The Bertz CT molecular complexity index is 643. The molecule has 0 aliphatic carbocycles. The lowest BCUT2D eigenvalue weighted by molar-refractivity contribution is 0.0620. The van der Waals surface area contributed by atoms with E-state index in [0.717, 1.165) is 17.5 Å². The highest BCUT2D eigenvalue weighted by Crippen LogP contribution is 2.28. The van der Waals surface area contributed by atoms with Gasteiger partial charge < -0.3 is 10.2 Å². The molecule has 1 amide bonds. The highest BCUT2D eigenvalue weighted by Gasteiger charge is 2.34. The molecule has 0 radical (unpaired) electrons. The van der Waals surface area contributed by atoms with Gasteiger partial charge in [0.1, 0.15) is 0 Å². The summed E-state index contributed by atoms with van der Waals surface area (Å²) in [6.45, 7) is 3.44. The average molecular weight is 286 g/mol. The van der Waals surface area contributed by atoms with Crippen LogP contribution in [0.5, 0.6) is 0 Å². The van der Waals surface area contributed by atoms with Crippen molar-refractivity contribution in [3.8, 4) is 0 Å². The molecule has 1 aromatic heterocycles. The Balaban J connectivity index is 1.52. The Kier molecular flexibility index (Phi) is 3.00. The van der Waals surface area contributed by atoms with Crippen molar-refractivity contribution in [2.75, 3.05) is 19.6 Å². The van der Waals surface area contributed by atoms with Gasteiger partial charge in [-0.3, -0.25) is 4.79 Å². The van der Waals surface area contributed by atoms with E-state index < -0.39 is 0 Å². The van der Waals surface area contributed by atoms with Crippen LogP contribution < -0.4 is 5.32 Å². The summed E-state index contributed by atoms with van der Waals surface area (Å²) < 4.78 is 1.24. The van der Waals surface area contributed by atoms with Gasteiger partial charge in [0, 0.05) is 22.8 Å². The maximum Gasteiger partial charge on any atom is 0.251 e. The van der Waals surface area contributed by atoms with Crippen LogP contribution in [-0.4, -0.2) is 36.5 Å². The first kappa shape index (κ1) is 12.4. The fraction of sp³-hybridized carbons (Fsp3) is 0.438. The smallest absolute Gasteiger partial charge is 0.251 e. The summed E-state index contributed by atoms with van der Waals surface area (Å²) in [5.74, 6) is 0.755. The number of thiophene rings is 1. The average Bonchev–Trinajstić information content (AvgIpc) is 2.96. The Hall–Kier alpha value is -1.39. The van der Waals surface area contributed by atoms with Gasteiger partial charge in [-0.25, -0.2) is 0 Å². The zero-order valence-corrected chi connectivity index (χ0v) is 12.2. The van der Waals surface area contributed by atoms with E-state index in [1.165, 1.54) is 30.6 Å². The molecule has 1 aromatic carbocycles. The first-order chi connectivity index (χ1) is 9.79. The number of carbonyl (C=O) groups excluding carboxylic acids is 1. The SMILES string of the molecule is O=C(N[C@H]1CN2CCC1CC2)c1ccc2sccc2c1. The lowest BCUT2D eigenvalue weighted by atomic mass is 9.84. The molecule has 3 aliphatic rings. The summed E-state index contributed by atoms with van der Waals surface area (Å²) >= 11 is 1.71. The van der Waals surface area contributed by atoms with Crippen molar-refractivity contribution >= 4 is 27.3 Å². The molecule has 2 bridgehead atoms. The molecule has 20 heavy (non-hydrogen) atoms. The minimum atomic E-state index is 0.0804. The molecule has 3 aliphatic heterocycles. The molecule has 5 rings (SSSR count). The third kappa shape index (κ3) is 2.13. The second-order valence-corrected chi connectivity index (χ2v) is 6.84. The number of hydrogen-bond acceptors (Lipinski definition) is 3. The normalized spacial score (nSPS) is 28.7. The van der Waals surface area contributed by atoms with Crippen LogP contribution in [0.4, 0.5) is 0 Å². The number of piperidine rings is 3. The second-order valence-electron chi connectivity index (χ2n) is 5.89. The van der Waals surface area contributed by atoms with Crippen molar-refractivity contribution in [1.29, 1.82) is 0 Å². The molecule has 0 saturated carbocycles. The fourth-order valence-corrected chi connectivity index (χ4v) is 4.26. The quantitative estimate of drug-likeness (QED) is 0.920. The van der Waals surface area contributed by atoms with Crippen LogP contribution in [0.1, 0.15) is 23.2 Å². The molecule has 2 aromatic rings. The number of benzene rings is 1. The van der Waals surface area contributed by atoms with Crippen LogP contribution in [0.2, 0.25) is 0 Å². The van der Waals surface area contributed by atoms with Crippen LogP contribution in [0.25, 0.3) is 10.1 Å². The predicted molar refractivity (Wildman–Crippen MR) is 82.2 cm³/mol. The molecule has 104 valence electrons. The first-order valence-electron chi connectivity index (χ1n) is 7.30. The fourth-order valence-electron chi connectivity index (χ4n) is 3.49. The number of fused-ring (bicyclic) bond motifs is 4. The lowest BCUT2D eigenvalue weighted by Crippen LogP contribution is -2.57. The maximum absolute atomic E-state index is 12.4. The van der Waals surface area contributed by atoms with Crippen molar-refractivity contribution in [2.45, 2.75) is 18.9 Å². The van der Waals surface area contributed by atoms with Gasteiger partial charge in [0.25, 0.3) is 5.91 Å². The van der Waals surface area contributed by atoms with Crippen LogP contribution in [-0.2, 0) is 0 Å². The molecule has 3 nitrogen and oxygen atoms in total. The molecule has 3 saturated heterocycles. The zero-order chi connectivity index (χ0) is 13.5. The Morgan fingerprint density at radius 3 is 2.85 bits per heavy atom. The second kappa shape index (κ2) is 4.86. The number of nitrogens with one attached hydrogen (secondary N) is 1. The summed E-state index contributed by atoms with van der Waals surface area (Å²) in [6, 6.07) is 8.40. The Labute approximate surface area is 122 Å². The summed E-state index contributed by atoms with van der Waals surface area (Å²) in [5.41, 5.74) is 0.785. The topological polar surface area (TPSA) is 32.3 Å². The summed E-state index contributed by atoms with van der Waals surface area (Å²) in [5, 5.41) is 6.48. The molecular formula is C16H18N2OS. The molecule has 1 atom stereocenters. The molecule has 3 fully saturated rings. The van der Waals surface area contributed by atoms with Gasteiger partial charge >= 0.3 is 0 Å². The monoisotopic (exact) mass is 286 g/mol. The summed E-state index contributed by atoms with van der Waals surface area (Å²) in [4.78, 5) is 14.9. The van der Waals surface area contributed by atoms with Gasteiger partial charge in [-0.1, -0.05) is 0 Å². The first-order valence-corrected chi connectivity index (χ1v) is 8.18. The van der Waals surface area contributed by atoms with Crippen LogP contribution in [0.15, 0.2) is 29.6 Å². The van der Waals surface area contributed by atoms with Crippen LogP contribution in [0.3, 0.4) is 0 Å². The molecule has 1 N–H and O–H groups in total. The van der Waals surface area contributed by atoms with Gasteiger partial charge in [0.05, 0.1) is 0 Å². The van der Waals surface area contributed by atoms with Gasteiger partial charge in [0.2, 0.25) is 0 Å². The van der Waals surface area contributed by atoms with Crippen LogP contribution in [0, 0.1) is 5.92 Å². The largest absolute Gasteiger partial charge is 0.348 e. The van der Waals surface area contributed by atoms with E-state index in [1.807, 2.05) is 18.2 Å². The third-order valence-electron chi connectivity index (χ3n) is 4.69. The summed E-state index contributed by atoms with van der Waals surface area (Å²) in [7, 11) is 0. The number of hydrogen-bond donors (Lipinski definition) is 1. The van der Waals surface area contributed by atoms with Gasteiger partial charge in [-0.2, -0.15) is 0 Å². The van der Waals surface area contributed by atoms with E-state index in [4.69, 9.17) is 0 Å². The molecule has 0 spiro atoms. The minimum Gasteiger partial charge on any atom is -0.348 e. The standard InChI is InChI=1S/C16H18N2OS/c19-16(13-1-2-15-12(9-13)5-8-20-15)17-14-10-18-6-3-11(14)4-7-18/h1-2,5,8-9,11,14H,3-4,6-7,10H2,(H,17,19)/t14-/m0/s1. The van der Waals surface area contributed by atoms with Gasteiger partial charge in [0.15, 0.2) is 0 Å². The number of nitrogens with zero attached hydrogens (tertiary/aromatic N) is 1. The summed E-state index contributed by atoms with van der Waals surface area (Å²) in [6.07, 6.45) is 2.46. The molecule has 4 heteroatoms. The maximum atomic E-state index is 12.4. The van der Waals surface area contributed by atoms with Crippen molar-refractivity contribution < 1.29 is 4.79 Å². The van der Waals surface area contributed by atoms with Crippen molar-refractivity contribution in [2.24, 2.45) is 5.92 Å². The van der Waals surface area contributed by atoms with E-state index in [2.05, 4.69) is 21.7 Å². The third-order valence-corrected chi connectivity index (χ3v) is 5.59. The van der Waals surface area contributed by atoms with E-state index in [1.54, 1.807) is 11.3 Å². The number of carbonyl (C=O) groups is 1. The highest BCUT2D eigenvalue weighted by molar-refractivity contribution is 7.17. The lowest BCUT2D eigenvalue weighted by Gasteiger charge is -2.44. The number of amides is 1. The molecule has 0 unspecified atom stereocenters.